The number of nitrogens with one attached hydrogen (secondary N) is 1. The van der Waals surface area contributed by atoms with E-state index in [0.29, 0.717) is 6.54 Å². The van der Waals surface area contributed by atoms with Gasteiger partial charge in [-0.15, -0.1) is 0 Å². The Labute approximate surface area is 234 Å². The largest absolute Gasteiger partial charge is 0.460 e. The summed E-state index contributed by atoms with van der Waals surface area (Å²) in [4.78, 5) is 54.0. The molecule has 228 valence electrons. The maximum Gasteiger partial charge on any atom is 0.320 e. The van der Waals surface area contributed by atoms with Gasteiger partial charge in [0.1, 0.15) is 22.4 Å². The van der Waals surface area contributed by atoms with E-state index in [1.807, 2.05) is 0 Å². The molecule has 0 bridgehead atoms. The number of hydrogen-bond donors (Lipinski definition) is 2. The molecule has 0 aromatic heterocycles. The Kier molecular flexibility index (Phi) is 13.6. The molecule has 0 aromatic carbocycles. The van der Waals surface area contributed by atoms with Gasteiger partial charge >= 0.3 is 23.9 Å². The molecule has 0 atom stereocenters. The van der Waals surface area contributed by atoms with E-state index in [2.05, 4.69) is 5.32 Å². The molecule has 0 amide bonds. The van der Waals surface area contributed by atoms with Crippen LogP contribution in [0.2, 0.25) is 0 Å². The summed E-state index contributed by atoms with van der Waals surface area (Å²) in [7, 11) is 0. The zero-order valence-corrected chi connectivity index (χ0v) is 26.2. The molecule has 0 radical (unpaired) electrons. The van der Waals surface area contributed by atoms with E-state index in [1.165, 1.54) is 4.90 Å². The Bertz CT molecular complexity index is 770. The van der Waals surface area contributed by atoms with Gasteiger partial charge in [-0.3, -0.25) is 24.1 Å². The van der Waals surface area contributed by atoms with Crippen molar-refractivity contribution in [2.75, 3.05) is 32.7 Å². The standard InChI is InChI=1S/C28H53N3O8/c1-24(2,3)36-20(32)15-28(19-30-14-13-29,16-21(33)37-25(4,5)6)31(17-22(34)38-26(7,8)9)18-23(35)39-27(10,11)12/h30H,13-19,29H2,1-12H3. The Hall–Kier alpha value is -2.24. The fourth-order valence-corrected chi connectivity index (χ4v) is 3.69. The van der Waals surface area contributed by atoms with Gasteiger partial charge < -0.3 is 30.0 Å². The second-order valence-electron chi connectivity index (χ2n) is 13.7. The third-order valence-corrected chi connectivity index (χ3v) is 4.71. The zero-order chi connectivity index (χ0) is 30.9. The molecule has 11 heteroatoms. The molecule has 0 aromatic rings. The van der Waals surface area contributed by atoms with Gasteiger partial charge in [-0.1, -0.05) is 0 Å². The van der Waals surface area contributed by atoms with Crippen LogP contribution in [0.4, 0.5) is 0 Å². The number of hydrogen-bond acceptors (Lipinski definition) is 11. The topological polar surface area (TPSA) is 146 Å². The Balaban J connectivity index is 6.81. The van der Waals surface area contributed by atoms with Crippen LogP contribution in [0.3, 0.4) is 0 Å². The zero-order valence-electron chi connectivity index (χ0n) is 26.2. The van der Waals surface area contributed by atoms with E-state index in [4.69, 9.17) is 24.7 Å². The van der Waals surface area contributed by atoms with Crippen molar-refractivity contribution in [3.63, 3.8) is 0 Å². The summed E-state index contributed by atoms with van der Waals surface area (Å²) >= 11 is 0. The van der Waals surface area contributed by atoms with Crippen LogP contribution in [0, 0.1) is 0 Å². The van der Waals surface area contributed by atoms with Crippen molar-refractivity contribution in [3.05, 3.63) is 0 Å². The minimum absolute atomic E-state index is 0.0221. The van der Waals surface area contributed by atoms with Crippen molar-refractivity contribution in [3.8, 4) is 0 Å². The highest BCUT2D eigenvalue weighted by Crippen LogP contribution is 2.29. The lowest BCUT2D eigenvalue weighted by Gasteiger charge is -2.43. The number of nitrogens with zero attached hydrogens (tertiary/aromatic N) is 1. The molecule has 0 spiro atoms. The number of rotatable bonds is 13. The molecule has 0 saturated heterocycles. The summed E-state index contributed by atoms with van der Waals surface area (Å²) in [5.74, 6) is -2.50. The first-order valence-electron chi connectivity index (χ1n) is 13.4. The molecule has 11 nitrogen and oxygen atoms in total. The van der Waals surface area contributed by atoms with E-state index < -0.39 is 64.9 Å². The number of carbonyl (C=O) groups excluding carboxylic acids is 4. The molecule has 39 heavy (non-hydrogen) atoms. The maximum absolute atomic E-state index is 13.2. The van der Waals surface area contributed by atoms with Gasteiger partial charge in [-0.2, -0.15) is 0 Å². The molecule has 0 aliphatic rings. The molecule has 0 fully saturated rings. The first-order valence-corrected chi connectivity index (χ1v) is 13.4. The monoisotopic (exact) mass is 559 g/mol. The first kappa shape index (κ1) is 36.8. The molecule has 0 rings (SSSR count). The molecular weight excluding hydrogens is 506 g/mol. The quantitative estimate of drug-likeness (QED) is 0.195. The highest BCUT2D eigenvalue weighted by molar-refractivity contribution is 5.79. The number of nitrogens with two attached hydrogens (primary N) is 1. The van der Waals surface area contributed by atoms with E-state index in [9.17, 15) is 19.2 Å². The number of carbonyl (C=O) groups is 4. The van der Waals surface area contributed by atoms with Crippen molar-refractivity contribution < 1.29 is 38.1 Å². The molecule has 0 heterocycles. The van der Waals surface area contributed by atoms with Gasteiger partial charge in [0.25, 0.3) is 0 Å². The second kappa shape index (κ2) is 14.4. The van der Waals surface area contributed by atoms with Crippen LogP contribution in [0.25, 0.3) is 0 Å². The van der Waals surface area contributed by atoms with Crippen molar-refractivity contribution in [2.24, 2.45) is 5.73 Å². The third kappa shape index (κ3) is 17.9. The lowest BCUT2D eigenvalue weighted by molar-refractivity contribution is -0.173. The molecule has 3 N–H and O–H groups in total. The summed E-state index contributed by atoms with van der Waals surface area (Å²) in [5.41, 5.74) is 1.06. The Morgan fingerprint density at radius 3 is 1.18 bits per heavy atom. The number of esters is 4. The predicted octanol–water partition coefficient (Wildman–Crippen LogP) is 2.72. The smallest absolute Gasteiger partial charge is 0.320 e. The van der Waals surface area contributed by atoms with Gasteiger partial charge in [0.15, 0.2) is 0 Å². The highest BCUT2D eigenvalue weighted by atomic mass is 16.6. The lowest BCUT2D eigenvalue weighted by Crippen LogP contribution is -2.61. The fraction of sp³-hybridized carbons (Fsp3) is 0.857. The average molecular weight is 560 g/mol. The van der Waals surface area contributed by atoms with Crippen LogP contribution in [0.5, 0.6) is 0 Å². The average Bonchev–Trinajstić information content (AvgIpc) is 2.61. The fourth-order valence-electron chi connectivity index (χ4n) is 3.69. The SMILES string of the molecule is CC(C)(C)OC(=O)CN(CC(=O)OC(C)(C)C)C(CNCCN)(CC(=O)OC(C)(C)C)CC(=O)OC(C)(C)C. The van der Waals surface area contributed by atoms with Gasteiger partial charge in [0, 0.05) is 19.6 Å². The molecule has 0 unspecified atom stereocenters. The third-order valence-electron chi connectivity index (χ3n) is 4.71. The predicted molar refractivity (Wildman–Crippen MR) is 149 cm³/mol. The van der Waals surface area contributed by atoms with Crippen molar-refractivity contribution >= 4 is 23.9 Å². The van der Waals surface area contributed by atoms with E-state index in [1.54, 1.807) is 83.1 Å². The van der Waals surface area contributed by atoms with Gasteiger partial charge in [-0.25, -0.2) is 0 Å². The second-order valence-corrected chi connectivity index (χ2v) is 13.7. The minimum Gasteiger partial charge on any atom is -0.460 e. The van der Waals surface area contributed by atoms with Crippen molar-refractivity contribution in [1.29, 1.82) is 0 Å². The first-order chi connectivity index (χ1) is 17.4. The molecule has 0 saturated carbocycles. The van der Waals surface area contributed by atoms with E-state index in [0.717, 1.165) is 0 Å². The molecule has 0 aliphatic carbocycles. The van der Waals surface area contributed by atoms with Crippen LogP contribution in [-0.4, -0.2) is 89.4 Å². The Morgan fingerprint density at radius 1 is 0.590 bits per heavy atom. The van der Waals surface area contributed by atoms with Crippen LogP contribution in [0.1, 0.15) is 95.9 Å². The van der Waals surface area contributed by atoms with Gasteiger partial charge in [0.2, 0.25) is 0 Å². The van der Waals surface area contributed by atoms with Crippen LogP contribution < -0.4 is 11.1 Å². The summed E-state index contributed by atoms with van der Waals surface area (Å²) in [5, 5.41) is 3.15. The maximum atomic E-state index is 13.2. The Morgan fingerprint density at radius 2 is 0.897 bits per heavy atom. The van der Waals surface area contributed by atoms with Crippen LogP contribution in [0.15, 0.2) is 0 Å². The normalized spacial score (nSPS) is 13.2. The van der Waals surface area contributed by atoms with Crippen molar-refractivity contribution in [1.82, 2.24) is 10.2 Å². The summed E-state index contributed by atoms with van der Waals surface area (Å²) in [6.07, 6.45) is -0.653. The molecular formula is C28H53N3O8. The van der Waals surface area contributed by atoms with E-state index >= 15 is 0 Å². The van der Waals surface area contributed by atoms with E-state index in [-0.39, 0.29) is 25.9 Å². The van der Waals surface area contributed by atoms with Gasteiger partial charge in [-0.05, 0) is 83.1 Å². The van der Waals surface area contributed by atoms with Crippen LogP contribution >= 0.6 is 0 Å². The summed E-state index contributed by atoms with van der Waals surface area (Å²) in [6, 6.07) is 0. The summed E-state index contributed by atoms with van der Waals surface area (Å²) in [6.45, 7) is 20.6. The lowest BCUT2D eigenvalue weighted by atomic mass is 9.87. The van der Waals surface area contributed by atoms with Crippen molar-refractivity contribution in [2.45, 2.75) is 124 Å². The minimum atomic E-state index is -1.42. The van der Waals surface area contributed by atoms with Gasteiger partial charge in [0.05, 0.1) is 31.5 Å². The van der Waals surface area contributed by atoms with Crippen LogP contribution in [-0.2, 0) is 38.1 Å². The number of ether oxygens (including phenoxy) is 4. The highest BCUT2D eigenvalue weighted by Gasteiger charge is 2.45. The molecule has 0 aliphatic heterocycles. The summed E-state index contributed by atoms with van der Waals surface area (Å²) < 4.78 is 22.3.